The van der Waals surface area contributed by atoms with Crippen LogP contribution in [0.4, 0.5) is 18.9 Å². The van der Waals surface area contributed by atoms with Crippen LogP contribution in [0.1, 0.15) is 33.4 Å². The van der Waals surface area contributed by atoms with Crippen LogP contribution < -0.4 is 0 Å². The lowest BCUT2D eigenvalue weighted by Gasteiger charge is -2.22. The fourth-order valence-corrected chi connectivity index (χ4v) is 12.2. The highest BCUT2D eigenvalue weighted by atomic mass is 19.4. The van der Waals surface area contributed by atoms with Crippen molar-refractivity contribution in [2.45, 2.75) is 40.8 Å². The van der Waals surface area contributed by atoms with Crippen molar-refractivity contribution in [1.82, 2.24) is 9.13 Å². The van der Waals surface area contributed by atoms with Crippen LogP contribution in [0.5, 0.6) is 0 Å². The first-order valence-corrected chi connectivity index (χ1v) is 26.6. The molecular weight excluding hydrogens is 976 g/mol. The third-order valence-corrected chi connectivity index (χ3v) is 16.1. The van der Waals surface area contributed by atoms with Gasteiger partial charge < -0.3 is 9.13 Å². The Hall–Kier alpha value is -9.70. The average molecular weight is 1030 g/mol. The van der Waals surface area contributed by atoms with E-state index in [1.54, 1.807) is 13.0 Å². The number of hydrogen-bond donors (Lipinski definition) is 0. The van der Waals surface area contributed by atoms with Crippen molar-refractivity contribution in [3.05, 3.63) is 269 Å². The van der Waals surface area contributed by atoms with E-state index in [-0.39, 0.29) is 5.56 Å². The van der Waals surface area contributed by atoms with E-state index in [2.05, 4.69) is 212 Å². The zero-order valence-corrected chi connectivity index (χ0v) is 44.3. The largest absolute Gasteiger partial charge is 0.417 e. The molecule has 79 heavy (non-hydrogen) atoms. The van der Waals surface area contributed by atoms with E-state index in [0.717, 1.165) is 116 Å². The highest BCUT2D eigenvalue weighted by Crippen LogP contribution is 2.47. The summed E-state index contributed by atoms with van der Waals surface area (Å²) in [6, 6.07) is 76.0. The van der Waals surface area contributed by atoms with E-state index in [9.17, 15) is 0 Å². The van der Waals surface area contributed by atoms with Gasteiger partial charge in [-0.15, -0.1) is 0 Å². The fraction of sp³-hybridized carbons (Fsp3) is 0.0822. The van der Waals surface area contributed by atoms with Gasteiger partial charge in [-0.25, -0.2) is 4.85 Å². The number of halogens is 3. The third-order valence-electron chi connectivity index (χ3n) is 16.1. The van der Waals surface area contributed by atoms with E-state index in [4.69, 9.17) is 6.57 Å². The van der Waals surface area contributed by atoms with Gasteiger partial charge in [0.15, 0.2) is 5.69 Å². The molecule has 3 nitrogen and oxygen atoms in total. The van der Waals surface area contributed by atoms with Gasteiger partial charge in [-0.05, 0) is 185 Å². The molecule has 0 aliphatic carbocycles. The summed E-state index contributed by atoms with van der Waals surface area (Å²) in [5.74, 6) is 0. The molecule has 13 rings (SSSR count). The minimum atomic E-state index is -4.61. The number of nitrogens with zero attached hydrogens (tertiary/aromatic N) is 3. The highest BCUT2D eigenvalue weighted by Gasteiger charge is 2.35. The SMILES string of the molecule is [C-]#[N+]c1ccc(-c2ccc(-c3c(C)cccc3C(F)(F)F)cc2-n2c3ccc(-c4ccccc4C)cc3c3cc(-c4ccccc4C)ccc32)c(-n2c3ccc(-c4ccccc4C)cc3c3cc(-c4ccccc4C)ccc32)c1. The Labute approximate surface area is 457 Å². The molecule has 0 saturated carbocycles. The molecule has 0 saturated heterocycles. The van der Waals surface area contributed by atoms with Crippen LogP contribution in [0, 0.1) is 41.2 Å². The monoisotopic (exact) mass is 1030 g/mol. The summed E-state index contributed by atoms with van der Waals surface area (Å²) in [4.78, 5) is 4.02. The lowest BCUT2D eigenvalue weighted by Crippen LogP contribution is -2.08. The second-order valence-electron chi connectivity index (χ2n) is 20.9. The van der Waals surface area contributed by atoms with Crippen LogP contribution in [-0.4, -0.2) is 9.13 Å². The molecule has 0 aliphatic heterocycles. The zero-order valence-electron chi connectivity index (χ0n) is 44.3. The number of benzene rings is 11. The molecule has 13 aromatic rings. The molecule has 0 radical (unpaired) electrons. The van der Waals surface area contributed by atoms with Gasteiger partial charge in [-0.2, -0.15) is 13.2 Å². The number of alkyl halides is 3. The van der Waals surface area contributed by atoms with Crippen LogP contribution in [0.3, 0.4) is 0 Å². The first-order chi connectivity index (χ1) is 38.3. The van der Waals surface area contributed by atoms with Crippen molar-refractivity contribution < 1.29 is 13.2 Å². The van der Waals surface area contributed by atoms with E-state index in [1.807, 2.05) is 36.4 Å². The maximum atomic E-state index is 15.2. The predicted molar refractivity (Wildman–Crippen MR) is 323 cm³/mol. The maximum absolute atomic E-state index is 15.2. The molecule has 11 aromatic carbocycles. The van der Waals surface area contributed by atoms with Gasteiger partial charge in [0.2, 0.25) is 0 Å². The smallest absolute Gasteiger partial charge is 0.310 e. The van der Waals surface area contributed by atoms with Crippen LogP contribution in [-0.2, 0) is 6.18 Å². The summed E-state index contributed by atoms with van der Waals surface area (Å²) in [5, 5.41) is 4.12. The number of hydrogen-bond acceptors (Lipinski definition) is 0. The quantitative estimate of drug-likeness (QED) is 0.135. The van der Waals surface area contributed by atoms with Crippen LogP contribution in [0.15, 0.2) is 224 Å². The van der Waals surface area contributed by atoms with Crippen LogP contribution in [0.2, 0.25) is 0 Å². The molecule has 2 heterocycles. The first kappa shape index (κ1) is 48.9. The van der Waals surface area contributed by atoms with Gasteiger partial charge in [0.1, 0.15) is 0 Å². The number of fused-ring (bicyclic) bond motifs is 6. The summed E-state index contributed by atoms with van der Waals surface area (Å²) >= 11 is 0. The van der Waals surface area contributed by atoms with Crippen LogP contribution in [0.25, 0.3) is 127 Å². The minimum Gasteiger partial charge on any atom is -0.310 e. The topological polar surface area (TPSA) is 14.2 Å². The molecule has 0 aliphatic rings. The molecule has 0 amide bonds. The Bertz CT molecular complexity index is 4470. The van der Waals surface area contributed by atoms with E-state index in [0.29, 0.717) is 22.5 Å². The van der Waals surface area contributed by atoms with Crippen molar-refractivity contribution in [1.29, 1.82) is 0 Å². The van der Waals surface area contributed by atoms with Crippen LogP contribution >= 0.6 is 0 Å². The molecule has 2 aromatic heterocycles. The average Bonchev–Trinajstić information content (AvgIpc) is 4.07. The molecular formula is C73H52F3N3. The second-order valence-corrected chi connectivity index (χ2v) is 20.9. The maximum Gasteiger partial charge on any atom is 0.417 e. The van der Waals surface area contributed by atoms with E-state index in [1.165, 1.54) is 23.3 Å². The Morgan fingerprint density at radius 2 is 0.671 bits per heavy atom. The van der Waals surface area contributed by atoms with Crippen molar-refractivity contribution >= 4 is 49.3 Å². The lowest BCUT2D eigenvalue weighted by molar-refractivity contribution is -0.137. The van der Waals surface area contributed by atoms with Crippen molar-refractivity contribution in [2.24, 2.45) is 0 Å². The number of aryl methyl sites for hydroxylation is 5. The van der Waals surface area contributed by atoms with Gasteiger partial charge >= 0.3 is 6.18 Å². The Morgan fingerprint density at radius 3 is 1.04 bits per heavy atom. The molecule has 0 N–H and O–H groups in total. The van der Waals surface area contributed by atoms with Gasteiger partial charge in [0.25, 0.3) is 0 Å². The van der Waals surface area contributed by atoms with Crippen molar-refractivity contribution in [2.75, 3.05) is 0 Å². The van der Waals surface area contributed by atoms with Crippen molar-refractivity contribution in [3.63, 3.8) is 0 Å². The Kier molecular flexibility index (Phi) is 11.8. The normalized spacial score (nSPS) is 11.8. The summed E-state index contributed by atoms with van der Waals surface area (Å²) in [6.07, 6.45) is -4.61. The number of rotatable bonds is 8. The van der Waals surface area contributed by atoms with Gasteiger partial charge in [0.05, 0.1) is 39.9 Å². The molecule has 0 bridgehead atoms. The molecule has 0 unspecified atom stereocenters. The zero-order chi connectivity index (χ0) is 54.3. The molecule has 0 fully saturated rings. The second kappa shape index (κ2) is 19.1. The molecule has 380 valence electrons. The highest BCUT2D eigenvalue weighted by molar-refractivity contribution is 6.14. The standard InChI is InChI=1S/C73H52F3N3/c1-44-16-7-11-21-55(44)49-27-34-66-61(38-49)62-39-50(56-22-12-8-17-45(56)2)28-35-67(62)78(66)70-42-53(72-48(5)20-15-25-65(72)73(74,75)76)26-32-59(70)60-33-31-54(77-6)43-71(60)79-68-36-29-51(57-23-13-9-18-46(57)3)40-63(68)64-41-52(30-37-69(64)79)58-24-14-10-19-47(58)4/h7-43H,1-5H3. The Morgan fingerprint density at radius 1 is 0.329 bits per heavy atom. The molecule has 0 spiro atoms. The molecule has 0 atom stereocenters. The summed E-state index contributed by atoms with van der Waals surface area (Å²) in [6.45, 7) is 18.7. The van der Waals surface area contributed by atoms with Gasteiger partial charge in [-0.1, -0.05) is 158 Å². The number of aromatic nitrogens is 2. The summed E-state index contributed by atoms with van der Waals surface area (Å²) in [5.41, 5.74) is 21.1. The fourth-order valence-electron chi connectivity index (χ4n) is 12.2. The van der Waals surface area contributed by atoms with E-state index < -0.39 is 11.7 Å². The summed E-state index contributed by atoms with van der Waals surface area (Å²) < 4.78 is 50.3. The van der Waals surface area contributed by atoms with Crippen molar-refractivity contribution in [3.8, 4) is 78.1 Å². The predicted octanol–water partition coefficient (Wildman–Crippen LogP) is 21.0. The van der Waals surface area contributed by atoms with Gasteiger partial charge in [0, 0.05) is 38.4 Å². The minimum absolute atomic E-state index is 0.132. The Balaban J connectivity index is 1.14. The van der Waals surface area contributed by atoms with Gasteiger partial charge in [-0.3, -0.25) is 0 Å². The third kappa shape index (κ3) is 8.29. The summed E-state index contributed by atoms with van der Waals surface area (Å²) in [7, 11) is 0. The lowest BCUT2D eigenvalue weighted by atomic mass is 9.91. The molecule has 6 heteroatoms. The van der Waals surface area contributed by atoms with E-state index >= 15 is 13.2 Å². The first-order valence-electron chi connectivity index (χ1n) is 26.6.